The Morgan fingerprint density at radius 2 is 1.79 bits per heavy atom. The molecule has 5 rings (SSSR count). The second-order valence-electron chi connectivity index (χ2n) is 10.2. The summed E-state index contributed by atoms with van der Waals surface area (Å²) in [7, 11) is 0. The number of carbonyl (C=O) groups excluding carboxylic acids is 2. The summed E-state index contributed by atoms with van der Waals surface area (Å²) in [5, 5.41) is 20.3. The molecule has 196 valence electrons. The maximum absolute atomic E-state index is 16.3. The van der Waals surface area contributed by atoms with Crippen LogP contribution in [0.1, 0.15) is 48.3 Å². The van der Waals surface area contributed by atoms with Crippen LogP contribution in [0.2, 0.25) is 0 Å². The van der Waals surface area contributed by atoms with Crippen LogP contribution in [-0.2, 0) is 0 Å². The van der Waals surface area contributed by atoms with Crippen LogP contribution in [0.15, 0.2) is 54.7 Å². The lowest BCUT2D eigenvalue weighted by molar-refractivity contribution is 0.0712. The van der Waals surface area contributed by atoms with Gasteiger partial charge < -0.3 is 26.0 Å². The molecule has 0 spiro atoms. The van der Waals surface area contributed by atoms with Gasteiger partial charge in [0.1, 0.15) is 17.7 Å². The van der Waals surface area contributed by atoms with Gasteiger partial charge in [-0.25, -0.2) is 13.6 Å². The smallest absolute Gasteiger partial charge is 0.319 e. The van der Waals surface area contributed by atoms with Gasteiger partial charge in [0.05, 0.1) is 22.7 Å². The predicted molar refractivity (Wildman–Crippen MR) is 143 cm³/mol. The van der Waals surface area contributed by atoms with Crippen LogP contribution in [0.4, 0.5) is 25.0 Å². The first-order valence-electron chi connectivity index (χ1n) is 12.2. The van der Waals surface area contributed by atoms with Gasteiger partial charge >= 0.3 is 6.03 Å². The minimum absolute atomic E-state index is 0.0458. The van der Waals surface area contributed by atoms with Gasteiger partial charge in [-0.3, -0.25) is 4.79 Å². The first-order valence-corrected chi connectivity index (χ1v) is 12.2. The first kappa shape index (κ1) is 25.4. The van der Waals surface area contributed by atoms with Crippen LogP contribution in [0.5, 0.6) is 0 Å². The highest BCUT2D eigenvalue weighted by Gasteiger charge is 2.44. The third kappa shape index (κ3) is 4.28. The zero-order valence-corrected chi connectivity index (χ0v) is 21.4. The molecule has 2 amide bonds. The van der Waals surface area contributed by atoms with Crippen molar-refractivity contribution in [1.82, 2.24) is 10.3 Å². The largest absolute Gasteiger partial charge is 0.388 e. The number of H-pyrrole nitrogens is 1. The summed E-state index contributed by atoms with van der Waals surface area (Å²) in [6.45, 7) is 6.70. The molecular weight excluding hydrogens is 490 g/mol. The zero-order chi connectivity index (χ0) is 27.4. The average molecular weight is 519 g/mol. The molecule has 0 fully saturated rings. The van der Waals surface area contributed by atoms with E-state index in [0.717, 1.165) is 10.9 Å². The van der Waals surface area contributed by atoms with Crippen molar-refractivity contribution in [3.8, 4) is 11.1 Å². The number of aryl methyl sites for hydroxylation is 1. The van der Waals surface area contributed by atoms with Gasteiger partial charge in [-0.05, 0) is 63.6 Å². The lowest BCUT2D eigenvalue weighted by Gasteiger charge is -2.43. The molecule has 1 aromatic heterocycles. The number of ketones is 1. The molecule has 1 aliphatic rings. The number of rotatable bonds is 4. The normalized spacial score (nSPS) is 18.0. The summed E-state index contributed by atoms with van der Waals surface area (Å²) in [6, 6.07) is 10.8. The molecule has 38 heavy (non-hydrogen) atoms. The number of aromatic nitrogens is 1. The highest BCUT2D eigenvalue weighted by molar-refractivity contribution is 5.97. The van der Waals surface area contributed by atoms with E-state index < -0.39 is 35.4 Å². The number of aromatic amines is 1. The Bertz CT molecular complexity index is 1580. The number of hydrogen-bond acceptors (Lipinski definition) is 4. The molecule has 9 heteroatoms. The molecule has 3 aromatic carbocycles. The van der Waals surface area contributed by atoms with Crippen LogP contribution >= 0.6 is 0 Å². The third-order valence-corrected chi connectivity index (χ3v) is 7.11. The fraction of sp³-hybridized carbons (Fsp3) is 0.241. The van der Waals surface area contributed by atoms with E-state index in [1.807, 2.05) is 13.0 Å². The molecule has 0 aliphatic carbocycles. The molecule has 0 saturated carbocycles. The lowest BCUT2D eigenvalue weighted by atomic mass is 9.81. The van der Waals surface area contributed by atoms with E-state index in [4.69, 9.17) is 0 Å². The van der Waals surface area contributed by atoms with Gasteiger partial charge in [0.2, 0.25) is 0 Å². The summed E-state index contributed by atoms with van der Waals surface area (Å²) < 4.78 is 31.8. The third-order valence-electron chi connectivity index (χ3n) is 7.11. The summed E-state index contributed by atoms with van der Waals surface area (Å²) in [4.78, 5) is 27.6. The van der Waals surface area contributed by atoms with Crippen molar-refractivity contribution >= 4 is 34.1 Å². The van der Waals surface area contributed by atoms with E-state index in [1.165, 1.54) is 13.0 Å². The van der Waals surface area contributed by atoms with Crippen molar-refractivity contribution in [2.75, 3.05) is 10.6 Å². The second-order valence-corrected chi connectivity index (χ2v) is 10.2. The molecule has 0 unspecified atom stereocenters. The van der Waals surface area contributed by atoms with Gasteiger partial charge in [-0.1, -0.05) is 18.2 Å². The zero-order valence-electron chi connectivity index (χ0n) is 21.4. The van der Waals surface area contributed by atoms with Crippen molar-refractivity contribution in [3.63, 3.8) is 0 Å². The number of carbonyl (C=O) groups is 2. The van der Waals surface area contributed by atoms with E-state index in [1.54, 1.807) is 56.4 Å². The van der Waals surface area contributed by atoms with Crippen molar-refractivity contribution < 1.29 is 23.5 Å². The number of Topliss-reactive ketones (excluding diaryl/α,β-unsaturated/α-hetero) is 1. The molecule has 7 nitrogen and oxygen atoms in total. The molecule has 0 saturated heterocycles. The molecule has 0 radical (unpaired) electrons. The Morgan fingerprint density at radius 3 is 2.47 bits per heavy atom. The molecule has 2 atom stereocenters. The average Bonchev–Trinajstić information content (AvgIpc) is 3.23. The van der Waals surface area contributed by atoms with Crippen molar-refractivity contribution in [2.24, 2.45) is 0 Å². The predicted octanol–water partition coefficient (Wildman–Crippen LogP) is 6.05. The number of anilines is 2. The van der Waals surface area contributed by atoms with Crippen LogP contribution in [0.3, 0.4) is 0 Å². The maximum atomic E-state index is 16.3. The van der Waals surface area contributed by atoms with Gasteiger partial charge in [0.15, 0.2) is 5.78 Å². The van der Waals surface area contributed by atoms with E-state index >= 15 is 8.78 Å². The monoisotopic (exact) mass is 518 g/mol. The van der Waals surface area contributed by atoms with Gasteiger partial charge in [0, 0.05) is 39.6 Å². The Hall–Kier alpha value is -4.24. The Balaban J connectivity index is 1.56. The Kier molecular flexibility index (Phi) is 6.19. The lowest BCUT2D eigenvalue weighted by Crippen LogP contribution is -2.55. The first-order chi connectivity index (χ1) is 18.0. The number of benzene rings is 3. The fourth-order valence-electron chi connectivity index (χ4n) is 5.04. The minimum Gasteiger partial charge on any atom is -0.388 e. The molecule has 2 heterocycles. The summed E-state index contributed by atoms with van der Waals surface area (Å²) >= 11 is 0. The number of halogens is 2. The van der Waals surface area contributed by atoms with Crippen molar-refractivity contribution in [3.05, 3.63) is 83.1 Å². The number of hydrogen-bond donors (Lipinski definition) is 5. The summed E-state index contributed by atoms with van der Waals surface area (Å²) in [6.07, 6.45) is 0.519. The van der Waals surface area contributed by atoms with Crippen molar-refractivity contribution in [1.29, 1.82) is 0 Å². The Morgan fingerprint density at radius 1 is 1.08 bits per heavy atom. The molecule has 4 aromatic rings. The maximum Gasteiger partial charge on any atom is 0.319 e. The molecule has 1 aliphatic heterocycles. The number of para-hydroxylation sites is 1. The van der Waals surface area contributed by atoms with Crippen LogP contribution in [0.25, 0.3) is 22.0 Å². The SMILES string of the molecule is CC(=O)c1ccc(NC(=O)N[C@H]2c3c(cc(F)c(-c4cccc5c(C)c[nH]c45)c3F)NC(C)(C)[C@@H]2O)cc1. The standard InChI is InChI=1S/C29H28F2N4O3/c1-14-13-32-25-18(14)6-5-7-19(25)22-20(30)12-21-23(24(22)31)26(27(37)29(3,4)35-21)34-28(38)33-17-10-8-16(9-11-17)15(2)36/h5-13,26-27,32,35,37H,1-4H3,(H2,33,34,38)/t26-,27+/m0/s1. The van der Waals surface area contributed by atoms with Crippen LogP contribution in [0, 0.1) is 18.6 Å². The van der Waals surface area contributed by atoms with E-state index in [-0.39, 0.29) is 22.6 Å². The number of aliphatic hydroxyl groups excluding tert-OH is 1. The highest BCUT2D eigenvalue weighted by Crippen LogP contribution is 2.44. The number of fused-ring (bicyclic) bond motifs is 2. The molecule has 0 bridgehead atoms. The molecule has 5 N–H and O–H groups in total. The topological polar surface area (TPSA) is 106 Å². The van der Waals surface area contributed by atoms with E-state index in [0.29, 0.717) is 22.3 Å². The van der Waals surface area contributed by atoms with Gasteiger partial charge in [-0.15, -0.1) is 0 Å². The number of aliphatic hydroxyl groups is 1. The van der Waals surface area contributed by atoms with E-state index in [2.05, 4.69) is 20.9 Å². The Labute approximate surface area is 218 Å². The summed E-state index contributed by atoms with van der Waals surface area (Å²) in [5.74, 6) is -1.76. The second kappa shape index (κ2) is 9.25. The van der Waals surface area contributed by atoms with Crippen LogP contribution < -0.4 is 16.0 Å². The fourth-order valence-corrected chi connectivity index (χ4v) is 5.04. The van der Waals surface area contributed by atoms with Crippen LogP contribution in [-0.4, -0.2) is 33.5 Å². The highest BCUT2D eigenvalue weighted by atomic mass is 19.1. The minimum atomic E-state index is -1.25. The summed E-state index contributed by atoms with van der Waals surface area (Å²) in [5.41, 5.74) is 1.59. The van der Waals surface area contributed by atoms with Crippen molar-refractivity contribution in [2.45, 2.75) is 45.4 Å². The number of urea groups is 1. The van der Waals surface area contributed by atoms with Gasteiger partial charge in [0.25, 0.3) is 0 Å². The number of nitrogens with one attached hydrogen (secondary N) is 4. The molecular formula is C29H28F2N4O3. The number of amides is 2. The quantitative estimate of drug-likeness (QED) is 0.212. The van der Waals surface area contributed by atoms with Gasteiger partial charge in [-0.2, -0.15) is 0 Å². The van der Waals surface area contributed by atoms with E-state index in [9.17, 15) is 14.7 Å².